The topological polar surface area (TPSA) is 197 Å². The normalized spacial score (nSPS) is 12.1. The van der Waals surface area contributed by atoms with Crippen LogP contribution in [-0.2, 0) is 19.2 Å². The molecule has 204 valence electrons. The summed E-state index contributed by atoms with van der Waals surface area (Å²) < 4.78 is 6.07. The van der Waals surface area contributed by atoms with Gasteiger partial charge in [0, 0.05) is 0 Å². The Bertz CT molecular complexity index is 1150. The van der Waals surface area contributed by atoms with Crippen molar-refractivity contribution >= 4 is 63.8 Å². The zero-order valence-electron chi connectivity index (χ0n) is 20.3. The van der Waals surface area contributed by atoms with E-state index >= 15 is 0 Å². The Hall–Kier alpha value is -3.58. The van der Waals surface area contributed by atoms with Crippen LogP contribution in [0.15, 0.2) is 48.5 Å². The zero-order chi connectivity index (χ0) is 28.1. The Kier molecular flexibility index (Phi) is 12.6. The molecule has 0 aliphatic heterocycles. The van der Waals surface area contributed by atoms with Crippen molar-refractivity contribution in [2.24, 2.45) is 5.73 Å². The summed E-state index contributed by atoms with van der Waals surface area (Å²) in [5.41, 5.74) is 6.43. The summed E-state index contributed by atoms with van der Waals surface area (Å²) in [5.74, 6) is -3.63. The number of ether oxygens (including phenoxy) is 1. The minimum atomic E-state index is -1.25. The summed E-state index contributed by atoms with van der Waals surface area (Å²) in [6.07, 6.45) is -0.370. The molecule has 0 fully saturated rings. The molecule has 3 amide bonds. The average Bonchev–Trinajstić information content (AvgIpc) is 2.90. The molecule has 7 N–H and O–H groups in total. The molecule has 12 nitrogen and oxygen atoms in total. The van der Waals surface area contributed by atoms with Crippen molar-refractivity contribution in [3.63, 3.8) is 0 Å². The molecule has 2 aromatic rings. The molecular weight excluding hydrogens is 583 g/mol. The van der Waals surface area contributed by atoms with Crippen molar-refractivity contribution < 1.29 is 38.9 Å². The average molecular weight is 612 g/mol. The van der Waals surface area contributed by atoms with Gasteiger partial charge in [-0.25, -0.2) is 0 Å². The van der Waals surface area contributed by atoms with Gasteiger partial charge in [-0.2, -0.15) is 0 Å². The maximum atomic E-state index is 13.0. The molecule has 0 aliphatic rings. The first-order valence-electron chi connectivity index (χ1n) is 11.2. The Morgan fingerprint density at radius 2 is 1.76 bits per heavy atom. The number of carboxylic acids is 2. The van der Waals surface area contributed by atoms with Crippen LogP contribution in [0.4, 0.5) is 5.69 Å². The van der Waals surface area contributed by atoms with Gasteiger partial charge in [-0.1, -0.05) is 0 Å². The van der Waals surface area contributed by atoms with Gasteiger partial charge in [-0.05, 0) is 0 Å². The van der Waals surface area contributed by atoms with Crippen LogP contribution in [0.25, 0.3) is 0 Å². The molecule has 14 heteroatoms. The second-order valence-corrected chi connectivity index (χ2v) is 11.9. The van der Waals surface area contributed by atoms with Gasteiger partial charge in [0.1, 0.15) is 0 Å². The number of anilines is 1. The van der Waals surface area contributed by atoms with Crippen molar-refractivity contribution in [1.29, 1.82) is 0 Å². The summed E-state index contributed by atoms with van der Waals surface area (Å²) in [4.78, 5) is 59.6. The van der Waals surface area contributed by atoms with Crippen LogP contribution in [0, 0.1) is 0 Å². The van der Waals surface area contributed by atoms with Gasteiger partial charge >= 0.3 is 229 Å². The molecule has 2 aromatic carbocycles. The van der Waals surface area contributed by atoms with Crippen LogP contribution in [0.2, 0.25) is 0 Å². The van der Waals surface area contributed by atoms with Gasteiger partial charge in [0.15, 0.2) is 0 Å². The number of aliphatic carboxylic acids is 2. The molecule has 2 atom stereocenters. The Labute approximate surface area is 228 Å². The number of hydrogen-bond acceptors (Lipinski definition) is 8. The van der Waals surface area contributed by atoms with Gasteiger partial charge in [-0.15, -0.1) is 0 Å². The van der Waals surface area contributed by atoms with Gasteiger partial charge in [0.2, 0.25) is 0 Å². The first-order valence-corrected chi connectivity index (χ1v) is 15.1. The first kappa shape index (κ1) is 30.6. The number of nitrogens with two attached hydrogens (primary N) is 1. The van der Waals surface area contributed by atoms with Crippen LogP contribution in [0.5, 0.6) is 5.75 Å². The molecule has 2 rings (SSSR count). The minimum absolute atomic E-state index is 0.0555. The van der Waals surface area contributed by atoms with Gasteiger partial charge in [-0.3, -0.25) is 0 Å². The summed E-state index contributed by atoms with van der Waals surface area (Å²) in [6, 6.07) is 11.6. The van der Waals surface area contributed by atoms with Crippen molar-refractivity contribution in [2.45, 2.75) is 24.9 Å². The monoisotopic (exact) mass is 612 g/mol. The quantitative estimate of drug-likeness (QED) is 0.147. The second-order valence-electron chi connectivity index (χ2n) is 7.74. The number of para-hydroxylation sites is 1. The van der Waals surface area contributed by atoms with E-state index in [2.05, 4.69) is 16.0 Å². The van der Waals surface area contributed by atoms with Crippen LogP contribution >= 0.6 is 10.2 Å². The standard InChI is InChI=1S/C24H28N4O8SSe/c1-36-18-9-5-8-15(22(32)27-14-6-3-2-4-7-14)21(18)38-37-13-17(23(33)26-12-20(30)31)28-19(29)11-10-16(25)24(34)35/h2-9,16-17H,10-13,25H2,1H3,(H,26,33)(H,27,32)(H,28,29)(H,30,31)(H,34,35). The number of amides is 3. The van der Waals surface area contributed by atoms with E-state index in [0.717, 1.165) is 0 Å². The predicted octanol–water partition coefficient (Wildman–Crippen LogP) is -0.197. The summed E-state index contributed by atoms with van der Waals surface area (Å²) in [5, 5.41) is 25.3. The zero-order valence-corrected chi connectivity index (χ0v) is 22.9. The molecule has 38 heavy (non-hydrogen) atoms. The van der Waals surface area contributed by atoms with Crippen LogP contribution in [0.1, 0.15) is 23.2 Å². The van der Waals surface area contributed by atoms with Gasteiger partial charge in [0.05, 0.1) is 0 Å². The number of benzene rings is 2. The van der Waals surface area contributed by atoms with Crippen molar-refractivity contribution in [2.75, 3.05) is 24.7 Å². The molecule has 0 bridgehead atoms. The number of carbonyl (C=O) groups is 5. The Morgan fingerprint density at radius 3 is 2.39 bits per heavy atom. The van der Waals surface area contributed by atoms with Crippen LogP contribution in [-0.4, -0.2) is 85.2 Å². The fourth-order valence-electron chi connectivity index (χ4n) is 2.97. The van der Waals surface area contributed by atoms with Crippen molar-refractivity contribution in [1.82, 2.24) is 10.6 Å². The number of carboxylic acid groups (broad SMARTS) is 2. The third-order valence-corrected chi connectivity index (χ3v) is 9.20. The van der Waals surface area contributed by atoms with E-state index in [0.29, 0.717) is 21.5 Å². The molecule has 0 spiro atoms. The summed E-state index contributed by atoms with van der Waals surface area (Å²) in [7, 11) is 2.75. The molecule has 0 aliphatic carbocycles. The maximum absolute atomic E-state index is 13.0. The molecule has 0 radical (unpaired) electrons. The van der Waals surface area contributed by atoms with Crippen LogP contribution < -0.4 is 30.9 Å². The first-order chi connectivity index (χ1) is 18.1. The summed E-state index contributed by atoms with van der Waals surface area (Å²) in [6.45, 7) is -0.638. The fourth-order valence-corrected chi connectivity index (χ4v) is 7.46. The van der Waals surface area contributed by atoms with E-state index in [-0.39, 0.29) is 24.5 Å². The molecule has 0 saturated carbocycles. The predicted molar refractivity (Wildman–Crippen MR) is 143 cm³/mol. The van der Waals surface area contributed by atoms with Crippen molar-refractivity contribution in [3.8, 4) is 5.75 Å². The van der Waals surface area contributed by atoms with E-state index in [9.17, 15) is 24.0 Å². The van der Waals surface area contributed by atoms with Gasteiger partial charge < -0.3 is 0 Å². The SMILES string of the molecule is COc1cccc(C(=O)Nc2ccccc2)c1[Se]SCC(NC(=O)CCC(N)C(=O)O)C(=O)NCC(=O)O. The molecule has 0 aromatic heterocycles. The van der Waals surface area contributed by atoms with E-state index in [1.807, 2.05) is 6.07 Å². The van der Waals surface area contributed by atoms with E-state index in [4.69, 9.17) is 20.7 Å². The number of nitrogens with one attached hydrogen (secondary N) is 3. The Morgan fingerprint density at radius 1 is 1.05 bits per heavy atom. The van der Waals surface area contributed by atoms with Gasteiger partial charge in [0.25, 0.3) is 0 Å². The Balaban J connectivity index is 2.12. The van der Waals surface area contributed by atoms with E-state index < -0.39 is 56.2 Å². The van der Waals surface area contributed by atoms with E-state index in [1.54, 1.807) is 42.5 Å². The third-order valence-electron chi connectivity index (χ3n) is 4.92. The third kappa shape index (κ3) is 10.1. The molecule has 0 saturated heterocycles. The second kappa shape index (κ2) is 15.6. The van der Waals surface area contributed by atoms with E-state index in [1.165, 1.54) is 17.3 Å². The van der Waals surface area contributed by atoms with Crippen molar-refractivity contribution in [3.05, 3.63) is 54.1 Å². The number of carbonyl (C=O) groups excluding carboxylic acids is 3. The molecular formula is C24H28N4O8SSe. The molecule has 0 heterocycles. The number of rotatable bonds is 15. The fraction of sp³-hybridized carbons (Fsp3) is 0.292. The molecule has 2 unspecified atom stereocenters. The summed E-state index contributed by atoms with van der Waals surface area (Å²) >= 11 is -0.461. The number of hydrogen-bond donors (Lipinski definition) is 6. The van der Waals surface area contributed by atoms with Crippen LogP contribution in [0.3, 0.4) is 0 Å². The number of methoxy groups -OCH3 is 1.